The second-order valence-corrected chi connectivity index (χ2v) is 13.2. The summed E-state index contributed by atoms with van der Waals surface area (Å²) in [6, 6.07) is 33.6. The standard InChI is InChI=1S/C42H43NO2/c1-6-10-36(45-37-24-32(23-35(44)25-37)20-19-31-17-13-29(2)14-18-31)26-38-40(34-21-15-30(3)16-22-34)41(33-11-8-7-9-12-33)39-27-42(4,5)28-43(38)39/h7-25,44H,6,26-28H2,1-5H3/b20-19+,36-10-. The summed E-state index contributed by atoms with van der Waals surface area (Å²) in [6.07, 6.45) is 8.77. The van der Waals surface area contributed by atoms with Gasteiger partial charge in [0, 0.05) is 41.5 Å². The van der Waals surface area contributed by atoms with E-state index >= 15 is 0 Å². The number of fused-ring (bicyclic) bond motifs is 1. The molecular formula is C42H43NO2. The van der Waals surface area contributed by atoms with E-state index in [0.717, 1.165) is 36.3 Å². The van der Waals surface area contributed by atoms with Gasteiger partial charge in [-0.05, 0) is 72.6 Å². The lowest BCUT2D eigenvalue weighted by atomic mass is 9.86. The number of phenolic OH excluding ortho intramolecular Hbond substituents is 1. The molecule has 4 aromatic carbocycles. The van der Waals surface area contributed by atoms with Crippen LogP contribution in [0.3, 0.4) is 0 Å². The number of rotatable bonds is 9. The number of nitrogens with zero attached hydrogens (tertiary/aromatic N) is 1. The zero-order chi connectivity index (χ0) is 31.6. The molecule has 0 aliphatic carbocycles. The topological polar surface area (TPSA) is 34.4 Å². The Hall–Kier alpha value is -4.76. The quantitative estimate of drug-likeness (QED) is 0.136. The molecule has 0 bridgehead atoms. The van der Waals surface area contributed by atoms with Crippen molar-refractivity contribution in [2.24, 2.45) is 5.41 Å². The molecule has 1 aliphatic heterocycles. The summed E-state index contributed by atoms with van der Waals surface area (Å²) in [5.41, 5.74) is 12.4. The Morgan fingerprint density at radius 1 is 0.800 bits per heavy atom. The lowest BCUT2D eigenvalue weighted by molar-refractivity contribution is 0.353. The van der Waals surface area contributed by atoms with Crippen LogP contribution >= 0.6 is 0 Å². The number of aromatic nitrogens is 1. The van der Waals surface area contributed by atoms with Crippen LogP contribution in [0.5, 0.6) is 11.5 Å². The van der Waals surface area contributed by atoms with Crippen molar-refractivity contribution >= 4 is 12.2 Å². The van der Waals surface area contributed by atoms with Crippen molar-refractivity contribution < 1.29 is 9.84 Å². The molecule has 0 radical (unpaired) electrons. The molecule has 1 aliphatic rings. The van der Waals surface area contributed by atoms with Crippen LogP contribution in [0.4, 0.5) is 0 Å². The number of aromatic hydroxyl groups is 1. The highest BCUT2D eigenvalue weighted by atomic mass is 16.5. The van der Waals surface area contributed by atoms with E-state index in [1.807, 2.05) is 12.1 Å². The fourth-order valence-electron chi connectivity index (χ4n) is 6.49. The van der Waals surface area contributed by atoms with Gasteiger partial charge in [-0.2, -0.15) is 0 Å². The molecule has 0 amide bonds. The summed E-state index contributed by atoms with van der Waals surface area (Å²) in [6.45, 7) is 12.1. The Morgan fingerprint density at radius 2 is 1.44 bits per heavy atom. The lowest BCUT2D eigenvalue weighted by Gasteiger charge is -2.20. The number of ether oxygens (including phenoxy) is 1. The van der Waals surface area contributed by atoms with Gasteiger partial charge in [0.1, 0.15) is 17.3 Å². The van der Waals surface area contributed by atoms with Crippen LogP contribution in [0, 0.1) is 19.3 Å². The summed E-state index contributed by atoms with van der Waals surface area (Å²) >= 11 is 0. The van der Waals surface area contributed by atoms with E-state index in [9.17, 15) is 5.11 Å². The molecule has 3 heteroatoms. The monoisotopic (exact) mass is 593 g/mol. The predicted molar refractivity (Wildman–Crippen MR) is 188 cm³/mol. The summed E-state index contributed by atoms with van der Waals surface area (Å²) in [4.78, 5) is 0. The van der Waals surface area contributed by atoms with Gasteiger partial charge in [-0.15, -0.1) is 0 Å². The number of hydrogen-bond donors (Lipinski definition) is 1. The lowest BCUT2D eigenvalue weighted by Crippen LogP contribution is -2.15. The van der Waals surface area contributed by atoms with Crippen molar-refractivity contribution in [2.75, 3.05) is 0 Å². The maximum absolute atomic E-state index is 10.7. The SMILES string of the molecule is CC/C=C(/Cc1c(-c2ccc(C)cc2)c(-c2ccccc2)c2n1CC(C)(C)C2)Oc1cc(O)cc(/C=C/c2ccc(C)cc2)c1. The summed E-state index contributed by atoms with van der Waals surface area (Å²) in [5, 5.41) is 10.7. The Kier molecular flexibility index (Phi) is 8.54. The largest absolute Gasteiger partial charge is 0.508 e. The van der Waals surface area contributed by atoms with Gasteiger partial charge in [-0.25, -0.2) is 0 Å². The first kappa shape index (κ1) is 30.3. The first-order valence-corrected chi connectivity index (χ1v) is 16.0. The summed E-state index contributed by atoms with van der Waals surface area (Å²) in [5.74, 6) is 1.70. The van der Waals surface area contributed by atoms with Gasteiger partial charge in [0.2, 0.25) is 0 Å². The van der Waals surface area contributed by atoms with Gasteiger partial charge in [0.05, 0.1) is 0 Å². The molecule has 0 unspecified atom stereocenters. The molecular weight excluding hydrogens is 550 g/mol. The number of phenols is 1. The molecule has 1 aromatic heterocycles. The van der Waals surface area contributed by atoms with Gasteiger partial charge >= 0.3 is 0 Å². The van der Waals surface area contributed by atoms with E-state index in [1.165, 1.54) is 44.8 Å². The number of aryl methyl sites for hydroxylation is 2. The van der Waals surface area contributed by atoms with E-state index in [1.54, 1.807) is 12.1 Å². The highest BCUT2D eigenvalue weighted by Gasteiger charge is 2.36. The van der Waals surface area contributed by atoms with Crippen molar-refractivity contribution in [3.63, 3.8) is 0 Å². The molecule has 45 heavy (non-hydrogen) atoms. The molecule has 228 valence electrons. The Morgan fingerprint density at radius 3 is 2.13 bits per heavy atom. The predicted octanol–water partition coefficient (Wildman–Crippen LogP) is 10.8. The van der Waals surface area contributed by atoms with E-state index in [-0.39, 0.29) is 11.2 Å². The number of hydrogen-bond acceptors (Lipinski definition) is 2. The zero-order valence-corrected chi connectivity index (χ0v) is 27.1. The molecule has 0 saturated heterocycles. The minimum atomic E-state index is 0.165. The van der Waals surface area contributed by atoms with Crippen LogP contribution in [-0.2, 0) is 19.4 Å². The smallest absolute Gasteiger partial charge is 0.131 e. The van der Waals surface area contributed by atoms with Crippen LogP contribution in [0.15, 0.2) is 109 Å². The number of benzene rings is 4. The molecule has 2 heterocycles. The average Bonchev–Trinajstić information content (AvgIpc) is 3.47. The highest BCUT2D eigenvalue weighted by Crippen LogP contribution is 2.47. The van der Waals surface area contributed by atoms with Crippen molar-refractivity contribution in [1.29, 1.82) is 0 Å². The normalized spacial score (nSPS) is 14.2. The van der Waals surface area contributed by atoms with Crippen LogP contribution in [0.1, 0.15) is 60.8 Å². The van der Waals surface area contributed by atoms with Gasteiger partial charge in [0.15, 0.2) is 0 Å². The minimum absolute atomic E-state index is 0.165. The Bertz CT molecular complexity index is 1850. The van der Waals surface area contributed by atoms with E-state index in [0.29, 0.717) is 12.2 Å². The van der Waals surface area contributed by atoms with Crippen LogP contribution < -0.4 is 4.74 Å². The summed E-state index contributed by atoms with van der Waals surface area (Å²) < 4.78 is 9.20. The van der Waals surface area contributed by atoms with Gasteiger partial charge in [-0.3, -0.25) is 0 Å². The van der Waals surface area contributed by atoms with Crippen LogP contribution in [0.2, 0.25) is 0 Å². The van der Waals surface area contributed by atoms with Crippen molar-refractivity contribution in [1.82, 2.24) is 4.57 Å². The summed E-state index contributed by atoms with van der Waals surface area (Å²) in [7, 11) is 0. The molecule has 3 nitrogen and oxygen atoms in total. The maximum Gasteiger partial charge on any atom is 0.131 e. The van der Waals surface area contributed by atoms with Crippen molar-refractivity contribution in [3.8, 4) is 33.8 Å². The first-order chi connectivity index (χ1) is 21.7. The van der Waals surface area contributed by atoms with E-state index in [2.05, 4.69) is 130 Å². The number of allylic oxidation sites excluding steroid dienone is 2. The van der Waals surface area contributed by atoms with E-state index in [4.69, 9.17) is 4.74 Å². The van der Waals surface area contributed by atoms with Gasteiger partial charge < -0.3 is 14.4 Å². The fourth-order valence-corrected chi connectivity index (χ4v) is 6.49. The first-order valence-electron chi connectivity index (χ1n) is 16.0. The molecule has 6 rings (SSSR count). The van der Waals surface area contributed by atoms with E-state index < -0.39 is 0 Å². The Balaban J connectivity index is 1.40. The van der Waals surface area contributed by atoms with Gasteiger partial charge in [-0.1, -0.05) is 123 Å². The third kappa shape index (κ3) is 6.83. The molecule has 0 spiro atoms. The highest BCUT2D eigenvalue weighted by molar-refractivity contribution is 5.88. The Labute approximate surface area is 268 Å². The molecule has 0 fully saturated rings. The average molecular weight is 594 g/mol. The van der Waals surface area contributed by atoms with Crippen molar-refractivity contribution in [2.45, 2.75) is 60.4 Å². The maximum atomic E-state index is 10.7. The minimum Gasteiger partial charge on any atom is -0.508 e. The van der Waals surface area contributed by atoms with Crippen LogP contribution in [0.25, 0.3) is 34.4 Å². The third-order valence-electron chi connectivity index (χ3n) is 8.60. The molecule has 0 saturated carbocycles. The molecule has 0 atom stereocenters. The molecule has 1 N–H and O–H groups in total. The van der Waals surface area contributed by atoms with Crippen molar-refractivity contribution in [3.05, 3.63) is 143 Å². The van der Waals surface area contributed by atoms with Crippen LogP contribution in [-0.4, -0.2) is 9.67 Å². The fraction of sp³-hybridized carbons (Fsp3) is 0.238. The second kappa shape index (κ2) is 12.7. The zero-order valence-electron chi connectivity index (χ0n) is 27.1. The third-order valence-corrected chi connectivity index (χ3v) is 8.60. The second-order valence-electron chi connectivity index (χ2n) is 13.2. The van der Waals surface area contributed by atoms with Gasteiger partial charge in [0.25, 0.3) is 0 Å². The molecule has 5 aromatic rings.